The average molecular weight is 275 g/mol. The molecule has 0 unspecified atom stereocenters. The molecule has 0 aliphatic rings. The fourth-order valence-electron chi connectivity index (χ4n) is 1.51. The summed E-state index contributed by atoms with van der Waals surface area (Å²) in [5.41, 5.74) is 0.839. The van der Waals surface area contributed by atoms with E-state index in [9.17, 15) is 8.42 Å². The van der Waals surface area contributed by atoms with Crippen LogP contribution in [-0.2, 0) is 23.1 Å². The van der Waals surface area contributed by atoms with Gasteiger partial charge in [-0.15, -0.1) is 0 Å². The van der Waals surface area contributed by atoms with Gasteiger partial charge < -0.3 is 9.80 Å². The summed E-state index contributed by atoms with van der Waals surface area (Å²) in [7, 11) is 4.00. The summed E-state index contributed by atoms with van der Waals surface area (Å²) >= 11 is 0. The van der Waals surface area contributed by atoms with Crippen LogP contribution in [0.5, 0.6) is 0 Å². The van der Waals surface area contributed by atoms with E-state index in [0.717, 1.165) is 12.2 Å². The molecule has 0 saturated carbocycles. The fraction of sp³-hybridized carbons (Fsp3) is 0.700. The Bertz CT molecular complexity index is 492. The number of nitrogens with zero attached hydrogens (tertiary/aromatic N) is 4. The first-order valence-corrected chi connectivity index (χ1v) is 7.14. The van der Waals surface area contributed by atoms with E-state index in [-0.39, 0.29) is 5.03 Å². The quantitative estimate of drug-likeness (QED) is 0.731. The van der Waals surface area contributed by atoms with Crippen LogP contribution in [0.1, 0.15) is 5.69 Å². The van der Waals surface area contributed by atoms with Crippen molar-refractivity contribution < 1.29 is 8.42 Å². The number of primary sulfonamides is 1. The molecule has 1 heterocycles. The number of nitrogens with two attached hydrogens (primary N) is 1. The fourth-order valence-corrected chi connectivity index (χ4v) is 2.02. The molecule has 1 rings (SSSR count). The van der Waals surface area contributed by atoms with Gasteiger partial charge in [0.25, 0.3) is 10.0 Å². The van der Waals surface area contributed by atoms with E-state index >= 15 is 0 Å². The van der Waals surface area contributed by atoms with Crippen molar-refractivity contribution in [1.82, 2.24) is 19.6 Å². The Balaban J connectivity index is 3.01. The molecule has 0 atom stereocenters. The predicted octanol–water partition coefficient (Wildman–Crippen LogP) is -0.846. The number of rotatable bonds is 6. The average Bonchev–Trinajstić information content (AvgIpc) is 2.56. The molecule has 18 heavy (non-hydrogen) atoms. The lowest BCUT2D eigenvalue weighted by Gasteiger charge is -2.14. The highest BCUT2D eigenvalue weighted by Gasteiger charge is 2.16. The zero-order chi connectivity index (χ0) is 13.9. The van der Waals surface area contributed by atoms with Gasteiger partial charge in [0.05, 0.1) is 12.2 Å². The summed E-state index contributed by atoms with van der Waals surface area (Å²) in [4.78, 5) is 3.97. The minimum absolute atomic E-state index is 0.0712. The second kappa shape index (κ2) is 5.79. The zero-order valence-corrected chi connectivity index (χ0v) is 12.1. The molecule has 0 spiro atoms. The number of hydrogen-bond acceptors (Lipinski definition) is 5. The van der Waals surface area contributed by atoms with Crippen LogP contribution >= 0.6 is 0 Å². The Morgan fingerprint density at radius 2 is 1.89 bits per heavy atom. The van der Waals surface area contributed by atoms with Crippen molar-refractivity contribution in [2.45, 2.75) is 18.1 Å². The Kier molecular flexibility index (Phi) is 4.85. The number of sulfonamides is 1. The molecule has 2 N–H and O–H groups in total. The van der Waals surface area contributed by atoms with E-state index < -0.39 is 10.0 Å². The highest BCUT2D eigenvalue weighted by atomic mass is 32.2. The summed E-state index contributed by atoms with van der Waals surface area (Å²) in [6, 6.07) is 1.53. The van der Waals surface area contributed by atoms with Gasteiger partial charge in [-0.3, -0.25) is 4.68 Å². The molecule has 1 aromatic heterocycles. The van der Waals surface area contributed by atoms with Gasteiger partial charge in [-0.2, -0.15) is 5.10 Å². The second-order valence-corrected chi connectivity index (χ2v) is 6.29. The Labute approximate surface area is 108 Å². The Hall–Kier alpha value is -0.960. The Morgan fingerprint density at radius 1 is 1.28 bits per heavy atom. The molecular weight excluding hydrogens is 254 g/mol. The maximum atomic E-state index is 11.3. The minimum Gasteiger partial charge on any atom is -0.308 e. The van der Waals surface area contributed by atoms with Crippen molar-refractivity contribution in [3.8, 4) is 0 Å². The van der Waals surface area contributed by atoms with E-state index in [2.05, 4.69) is 5.10 Å². The summed E-state index contributed by atoms with van der Waals surface area (Å²) in [5, 5.41) is 9.08. The zero-order valence-electron chi connectivity index (χ0n) is 11.3. The number of likely N-dealkylation sites (N-methyl/N-ethyl adjacent to an activating group) is 1. The van der Waals surface area contributed by atoms with Crippen LogP contribution in [0.3, 0.4) is 0 Å². The lowest BCUT2D eigenvalue weighted by atomic mass is 10.4. The van der Waals surface area contributed by atoms with Crippen LogP contribution in [-0.4, -0.2) is 62.7 Å². The molecule has 0 amide bonds. The number of hydrogen-bond donors (Lipinski definition) is 1. The van der Waals surface area contributed by atoms with E-state index in [4.69, 9.17) is 5.14 Å². The van der Waals surface area contributed by atoms with Crippen molar-refractivity contribution in [1.29, 1.82) is 0 Å². The van der Waals surface area contributed by atoms with Gasteiger partial charge in [-0.1, -0.05) is 0 Å². The topological polar surface area (TPSA) is 84.5 Å². The highest BCUT2D eigenvalue weighted by molar-refractivity contribution is 7.89. The van der Waals surface area contributed by atoms with Gasteiger partial charge in [0.2, 0.25) is 0 Å². The van der Waals surface area contributed by atoms with E-state index in [1.54, 1.807) is 4.68 Å². The lowest BCUT2D eigenvalue weighted by Crippen LogP contribution is -2.22. The maximum absolute atomic E-state index is 11.3. The van der Waals surface area contributed by atoms with Gasteiger partial charge in [-0.25, -0.2) is 13.6 Å². The normalized spacial score (nSPS) is 12.6. The van der Waals surface area contributed by atoms with E-state index in [0.29, 0.717) is 13.1 Å². The predicted molar refractivity (Wildman–Crippen MR) is 69.5 cm³/mol. The summed E-state index contributed by atoms with van der Waals surface area (Å²) in [6.07, 6.45) is 0. The molecule has 0 radical (unpaired) electrons. The van der Waals surface area contributed by atoms with Crippen LogP contribution in [0.2, 0.25) is 0 Å². The van der Waals surface area contributed by atoms with Crippen molar-refractivity contribution in [3.05, 3.63) is 11.8 Å². The largest absolute Gasteiger partial charge is 0.308 e. The van der Waals surface area contributed by atoms with Crippen molar-refractivity contribution >= 4 is 10.0 Å². The summed E-state index contributed by atoms with van der Waals surface area (Å²) < 4.78 is 24.3. The molecule has 7 nitrogen and oxygen atoms in total. The van der Waals surface area contributed by atoms with Crippen molar-refractivity contribution in [3.63, 3.8) is 0 Å². The van der Waals surface area contributed by atoms with Gasteiger partial charge in [-0.05, 0) is 28.2 Å². The molecule has 1 aromatic rings. The third-order valence-corrected chi connectivity index (χ3v) is 3.15. The first-order chi connectivity index (χ1) is 8.20. The van der Waals surface area contributed by atoms with Crippen LogP contribution in [0.25, 0.3) is 0 Å². The first-order valence-electron chi connectivity index (χ1n) is 5.59. The molecule has 0 aliphatic carbocycles. The van der Waals surface area contributed by atoms with Gasteiger partial charge in [0, 0.05) is 19.2 Å². The van der Waals surface area contributed by atoms with Gasteiger partial charge in [0.1, 0.15) is 0 Å². The molecule has 0 aliphatic heterocycles. The summed E-state index contributed by atoms with van der Waals surface area (Å²) in [5.74, 6) is 0. The third-order valence-electron chi connectivity index (χ3n) is 2.37. The molecule has 0 aromatic carbocycles. The van der Waals surface area contributed by atoms with Crippen LogP contribution < -0.4 is 5.14 Å². The van der Waals surface area contributed by atoms with Crippen molar-refractivity contribution in [2.75, 3.05) is 34.7 Å². The maximum Gasteiger partial charge on any atom is 0.257 e. The smallest absolute Gasteiger partial charge is 0.257 e. The summed E-state index contributed by atoms with van der Waals surface area (Å²) in [6.45, 7) is 2.04. The van der Waals surface area contributed by atoms with Gasteiger partial charge >= 0.3 is 0 Å². The molecule has 0 saturated heterocycles. The second-order valence-electron chi connectivity index (χ2n) is 4.78. The monoisotopic (exact) mass is 275 g/mol. The standard InChI is InChI=1S/C10H21N5O2S/c1-13(2)5-6-15-9(8-14(3)4)7-10(12-15)18(11,16)17/h7H,5-6,8H2,1-4H3,(H2,11,16,17). The molecule has 104 valence electrons. The molecule has 0 bridgehead atoms. The SMILES string of the molecule is CN(C)CCn1nc(S(N)(=O)=O)cc1CN(C)C. The van der Waals surface area contributed by atoms with Crippen LogP contribution in [0.4, 0.5) is 0 Å². The molecular formula is C10H21N5O2S. The van der Waals surface area contributed by atoms with Crippen molar-refractivity contribution in [2.24, 2.45) is 5.14 Å². The lowest BCUT2D eigenvalue weighted by molar-refractivity contribution is 0.347. The Morgan fingerprint density at radius 3 is 2.33 bits per heavy atom. The van der Waals surface area contributed by atoms with Crippen LogP contribution in [0, 0.1) is 0 Å². The van der Waals surface area contributed by atoms with Crippen LogP contribution in [0.15, 0.2) is 11.1 Å². The first kappa shape index (κ1) is 15.1. The molecule has 8 heteroatoms. The van der Waals surface area contributed by atoms with E-state index in [1.165, 1.54) is 6.07 Å². The third kappa shape index (κ3) is 4.37. The highest BCUT2D eigenvalue weighted by Crippen LogP contribution is 2.10. The minimum atomic E-state index is -3.74. The molecule has 0 fully saturated rings. The van der Waals surface area contributed by atoms with Gasteiger partial charge in [0.15, 0.2) is 5.03 Å². The number of aromatic nitrogens is 2. The van der Waals surface area contributed by atoms with E-state index in [1.807, 2.05) is 38.0 Å².